The van der Waals surface area contributed by atoms with Crippen LogP contribution in [0.5, 0.6) is 11.5 Å². The fourth-order valence-electron chi connectivity index (χ4n) is 4.08. The van der Waals surface area contributed by atoms with Gasteiger partial charge in [0.2, 0.25) is 5.95 Å². The van der Waals surface area contributed by atoms with Gasteiger partial charge in [0.05, 0.1) is 13.3 Å². The number of anilines is 2. The molecule has 9 heteroatoms. The maximum Gasteiger partial charge on any atom is 0.227 e. The van der Waals surface area contributed by atoms with Crippen molar-refractivity contribution in [3.8, 4) is 22.6 Å². The second kappa shape index (κ2) is 8.99. The van der Waals surface area contributed by atoms with Gasteiger partial charge in [-0.1, -0.05) is 15.9 Å². The number of benzene rings is 2. The van der Waals surface area contributed by atoms with Gasteiger partial charge >= 0.3 is 0 Å². The molecule has 0 radical (unpaired) electrons. The number of ether oxygens (including phenoxy) is 2. The van der Waals surface area contributed by atoms with Crippen LogP contribution in [0.2, 0.25) is 0 Å². The number of halogens is 1. The molecule has 2 aromatic heterocycles. The number of nitrogens with zero attached hydrogens (tertiary/aromatic N) is 5. The molecule has 0 aliphatic carbocycles. The zero-order chi connectivity index (χ0) is 22.9. The highest BCUT2D eigenvalue weighted by atomic mass is 79.9. The maximum absolute atomic E-state index is 6.34. The Morgan fingerprint density at radius 3 is 2.70 bits per heavy atom. The topological polar surface area (TPSA) is 77.3 Å². The molecular weight excluding hydrogens is 484 g/mol. The van der Waals surface area contributed by atoms with E-state index in [0.717, 1.165) is 57.4 Å². The Morgan fingerprint density at radius 1 is 1.09 bits per heavy atom. The molecule has 5 rings (SSSR count). The van der Waals surface area contributed by atoms with Gasteiger partial charge in [0, 0.05) is 59.7 Å². The standard InChI is InChI=1S/C24H25BrN6O2/c1-30-5-4-20(14-30)33-21-8-15(17-12-27-31(2)13-17)7-19(10-21)28-24-26-11-16-6-18(25)9-22(32-3)23(16)29-24/h6-13,20H,4-5,14H2,1-3H3,(H,26,28,29)/t20-/m1/s1. The van der Waals surface area contributed by atoms with Crippen molar-refractivity contribution in [1.29, 1.82) is 0 Å². The average molecular weight is 509 g/mol. The molecule has 0 bridgehead atoms. The molecule has 1 aliphatic heterocycles. The highest BCUT2D eigenvalue weighted by molar-refractivity contribution is 9.10. The number of aryl methyl sites for hydroxylation is 1. The van der Waals surface area contributed by atoms with Crippen LogP contribution in [-0.2, 0) is 7.05 Å². The summed E-state index contributed by atoms with van der Waals surface area (Å²) >= 11 is 3.50. The molecule has 1 saturated heterocycles. The van der Waals surface area contributed by atoms with Gasteiger partial charge in [-0.3, -0.25) is 4.68 Å². The average Bonchev–Trinajstić information content (AvgIpc) is 3.41. The number of hydrogen-bond donors (Lipinski definition) is 1. The smallest absolute Gasteiger partial charge is 0.227 e. The summed E-state index contributed by atoms with van der Waals surface area (Å²) in [7, 11) is 5.66. The Balaban J connectivity index is 1.50. The Hall–Kier alpha value is -3.17. The molecule has 4 aromatic rings. The normalized spacial score (nSPS) is 16.3. The van der Waals surface area contributed by atoms with E-state index in [9.17, 15) is 0 Å². The van der Waals surface area contributed by atoms with Crippen molar-refractivity contribution in [2.45, 2.75) is 12.5 Å². The van der Waals surface area contributed by atoms with Crippen molar-refractivity contribution in [3.63, 3.8) is 0 Å². The van der Waals surface area contributed by atoms with E-state index in [4.69, 9.17) is 14.5 Å². The molecule has 0 unspecified atom stereocenters. The van der Waals surface area contributed by atoms with Gasteiger partial charge < -0.3 is 19.7 Å². The largest absolute Gasteiger partial charge is 0.494 e. The molecule has 2 aromatic carbocycles. The Labute approximate surface area is 200 Å². The summed E-state index contributed by atoms with van der Waals surface area (Å²) in [5, 5.41) is 8.56. The second-order valence-electron chi connectivity index (χ2n) is 8.30. The van der Waals surface area contributed by atoms with Crippen molar-refractivity contribution in [3.05, 3.63) is 53.4 Å². The predicted octanol–water partition coefficient (Wildman–Crippen LogP) is 4.63. The fourth-order valence-corrected chi connectivity index (χ4v) is 4.54. The molecule has 1 fully saturated rings. The molecule has 0 saturated carbocycles. The first-order chi connectivity index (χ1) is 16.0. The predicted molar refractivity (Wildman–Crippen MR) is 132 cm³/mol. The molecule has 1 atom stereocenters. The quantitative estimate of drug-likeness (QED) is 0.406. The van der Waals surface area contributed by atoms with Crippen LogP contribution >= 0.6 is 15.9 Å². The van der Waals surface area contributed by atoms with Gasteiger partial charge in [0.25, 0.3) is 0 Å². The number of likely N-dealkylation sites (N-methyl/N-ethyl adjacent to an activating group) is 1. The van der Waals surface area contributed by atoms with Crippen LogP contribution in [0.15, 0.2) is 53.4 Å². The number of fused-ring (bicyclic) bond motifs is 1. The lowest BCUT2D eigenvalue weighted by Crippen LogP contribution is -2.21. The third-order valence-electron chi connectivity index (χ3n) is 5.68. The van der Waals surface area contributed by atoms with Crippen molar-refractivity contribution >= 4 is 38.5 Å². The number of rotatable bonds is 6. The first kappa shape index (κ1) is 21.7. The van der Waals surface area contributed by atoms with E-state index in [2.05, 4.69) is 55.4 Å². The Bertz CT molecular complexity index is 1310. The number of likely N-dealkylation sites (tertiary alicyclic amines) is 1. The van der Waals surface area contributed by atoms with Gasteiger partial charge in [-0.25, -0.2) is 9.97 Å². The Kier molecular flexibility index (Phi) is 5.90. The number of nitrogens with one attached hydrogen (secondary N) is 1. The lowest BCUT2D eigenvalue weighted by Gasteiger charge is -2.16. The molecule has 1 aliphatic rings. The van der Waals surface area contributed by atoms with Crippen LogP contribution in [0, 0.1) is 0 Å². The van der Waals surface area contributed by atoms with Gasteiger partial charge in [-0.2, -0.15) is 5.10 Å². The van der Waals surface area contributed by atoms with E-state index in [0.29, 0.717) is 11.7 Å². The van der Waals surface area contributed by atoms with Crippen molar-refractivity contribution in [2.24, 2.45) is 7.05 Å². The number of methoxy groups -OCH3 is 1. The molecule has 1 N–H and O–H groups in total. The summed E-state index contributed by atoms with van der Waals surface area (Å²) < 4.78 is 14.6. The van der Waals surface area contributed by atoms with Gasteiger partial charge in [0.15, 0.2) is 0 Å². The van der Waals surface area contributed by atoms with Gasteiger partial charge in [0.1, 0.15) is 23.1 Å². The van der Waals surface area contributed by atoms with E-state index in [-0.39, 0.29) is 6.10 Å². The summed E-state index contributed by atoms with van der Waals surface area (Å²) in [6.45, 7) is 1.96. The first-order valence-electron chi connectivity index (χ1n) is 10.7. The second-order valence-corrected chi connectivity index (χ2v) is 9.22. The third-order valence-corrected chi connectivity index (χ3v) is 6.14. The van der Waals surface area contributed by atoms with E-state index in [1.165, 1.54) is 0 Å². The third kappa shape index (κ3) is 4.79. The van der Waals surface area contributed by atoms with Crippen LogP contribution in [-0.4, -0.2) is 58.0 Å². The van der Waals surface area contributed by atoms with E-state index < -0.39 is 0 Å². The van der Waals surface area contributed by atoms with Gasteiger partial charge in [-0.15, -0.1) is 0 Å². The highest BCUT2D eigenvalue weighted by Crippen LogP contribution is 2.32. The van der Waals surface area contributed by atoms with Crippen molar-refractivity contribution in [1.82, 2.24) is 24.6 Å². The summed E-state index contributed by atoms with van der Waals surface area (Å²) in [4.78, 5) is 11.5. The molecule has 33 heavy (non-hydrogen) atoms. The minimum absolute atomic E-state index is 0.173. The molecule has 8 nitrogen and oxygen atoms in total. The van der Waals surface area contributed by atoms with Crippen molar-refractivity contribution in [2.75, 3.05) is 32.6 Å². The number of aromatic nitrogens is 4. The SMILES string of the molecule is COc1cc(Br)cc2cnc(Nc3cc(O[C@@H]4CCN(C)C4)cc(-c4cnn(C)c4)c3)nc12. The van der Waals surface area contributed by atoms with Crippen LogP contribution in [0.25, 0.3) is 22.0 Å². The molecule has 3 heterocycles. The summed E-state index contributed by atoms with van der Waals surface area (Å²) in [5.74, 6) is 1.97. The Morgan fingerprint density at radius 2 is 1.97 bits per heavy atom. The summed E-state index contributed by atoms with van der Waals surface area (Å²) in [6.07, 6.45) is 6.81. The van der Waals surface area contributed by atoms with Crippen molar-refractivity contribution < 1.29 is 9.47 Å². The molecule has 170 valence electrons. The van der Waals surface area contributed by atoms with Crippen LogP contribution in [0.3, 0.4) is 0 Å². The monoisotopic (exact) mass is 508 g/mol. The molecule has 0 spiro atoms. The van der Waals surface area contributed by atoms with Crippen LogP contribution < -0.4 is 14.8 Å². The van der Waals surface area contributed by atoms with E-state index in [1.54, 1.807) is 18.0 Å². The zero-order valence-corrected chi connectivity index (χ0v) is 20.3. The maximum atomic E-state index is 6.34. The minimum atomic E-state index is 0.173. The summed E-state index contributed by atoms with van der Waals surface area (Å²) in [6, 6.07) is 9.96. The van der Waals surface area contributed by atoms with Crippen LogP contribution in [0.4, 0.5) is 11.6 Å². The molecular formula is C24H25BrN6O2. The van der Waals surface area contributed by atoms with Gasteiger partial charge in [-0.05, 0) is 43.3 Å². The van der Waals surface area contributed by atoms with E-state index >= 15 is 0 Å². The molecule has 0 amide bonds. The lowest BCUT2D eigenvalue weighted by atomic mass is 10.1. The van der Waals surface area contributed by atoms with Crippen LogP contribution in [0.1, 0.15) is 6.42 Å². The summed E-state index contributed by atoms with van der Waals surface area (Å²) in [5.41, 5.74) is 3.61. The van der Waals surface area contributed by atoms with E-state index in [1.807, 2.05) is 37.6 Å². The first-order valence-corrected chi connectivity index (χ1v) is 11.5. The minimum Gasteiger partial charge on any atom is -0.494 e. The zero-order valence-electron chi connectivity index (χ0n) is 18.7. The highest BCUT2D eigenvalue weighted by Gasteiger charge is 2.21. The fraction of sp³-hybridized carbons (Fsp3) is 0.292. The lowest BCUT2D eigenvalue weighted by molar-refractivity contribution is 0.208. The number of hydrogen-bond acceptors (Lipinski definition) is 7.